The van der Waals surface area contributed by atoms with E-state index in [9.17, 15) is 19.7 Å². The molecule has 0 aliphatic carbocycles. The first kappa shape index (κ1) is 15.9. The first-order chi connectivity index (χ1) is 9.40. The summed E-state index contributed by atoms with van der Waals surface area (Å²) in [5, 5.41) is 30.5. The Bertz CT molecular complexity index is 548. The lowest BCUT2D eigenvalue weighted by atomic mass is 10.1. The SMILES string of the molecule is CSc1ccc(C(=O)N[C@H](CO)C(=O)O)cc1[N+](=O)[O-]. The fraction of sp³-hybridized carbons (Fsp3) is 0.273. The largest absolute Gasteiger partial charge is 0.480 e. The number of nitrogens with one attached hydrogen (secondary N) is 1. The number of hydrogen-bond acceptors (Lipinski definition) is 6. The normalized spacial score (nSPS) is 11.7. The second-order valence-corrected chi connectivity index (χ2v) is 4.54. The number of benzene rings is 1. The summed E-state index contributed by atoms with van der Waals surface area (Å²) in [6, 6.07) is 2.37. The Balaban J connectivity index is 3.02. The van der Waals surface area contributed by atoms with Crippen LogP contribution >= 0.6 is 11.8 Å². The molecule has 0 aliphatic heterocycles. The van der Waals surface area contributed by atoms with Gasteiger partial charge in [-0.3, -0.25) is 14.9 Å². The molecule has 0 saturated heterocycles. The molecule has 0 heterocycles. The number of aliphatic hydroxyl groups excluding tert-OH is 1. The maximum absolute atomic E-state index is 11.8. The van der Waals surface area contributed by atoms with Gasteiger partial charge in [0.05, 0.1) is 16.4 Å². The molecule has 3 N–H and O–H groups in total. The number of rotatable bonds is 6. The van der Waals surface area contributed by atoms with Gasteiger partial charge in [0.2, 0.25) is 0 Å². The van der Waals surface area contributed by atoms with Crippen molar-refractivity contribution < 1.29 is 24.7 Å². The van der Waals surface area contributed by atoms with E-state index >= 15 is 0 Å². The predicted octanol–water partition coefficient (Wildman–Crippen LogP) is 0.492. The van der Waals surface area contributed by atoms with Crippen LogP contribution in [-0.2, 0) is 4.79 Å². The lowest BCUT2D eigenvalue weighted by Gasteiger charge is -2.11. The van der Waals surface area contributed by atoms with Gasteiger partial charge in [0.25, 0.3) is 11.6 Å². The monoisotopic (exact) mass is 300 g/mol. The number of carbonyl (C=O) groups excluding carboxylic acids is 1. The molecule has 0 unspecified atom stereocenters. The van der Waals surface area contributed by atoms with E-state index in [-0.39, 0.29) is 11.3 Å². The van der Waals surface area contributed by atoms with Gasteiger partial charge in [-0.2, -0.15) is 0 Å². The van der Waals surface area contributed by atoms with Crippen LogP contribution in [0.3, 0.4) is 0 Å². The van der Waals surface area contributed by atoms with Gasteiger partial charge >= 0.3 is 5.97 Å². The molecular weight excluding hydrogens is 288 g/mol. The van der Waals surface area contributed by atoms with Gasteiger partial charge in [0.15, 0.2) is 6.04 Å². The summed E-state index contributed by atoms with van der Waals surface area (Å²) in [6.07, 6.45) is 1.66. The van der Waals surface area contributed by atoms with Gasteiger partial charge in [-0.25, -0.2) is 4.79 Å². The highest BCUT2D eigenvalue weighted by atomic mass is 32.2. The fourth-order valence-corrected chi connectivity index (χ4v) is 1.95. The molecule has 0 saturated carbocycles. The molecule has 108 valence electrons. The second kappa shape index (κ2) is 6.87. The highest BCUT2D eigenvalue weighted by molar-refractivity contribution is 7.98. The van der Waals surface area contributed by atoms with Crippen LogP contribution in [0.5, 0.6) is 0 Å². The van der Waals surface area contributed by atoms with Crippen molar-refractivity contribution in [3.8, 4) is 0 Å². The molecule has 1 atom stereocenters. The van der Waals surface area contributed by atoms with Crippen molar-refractivity contribution >= 4 is 29.3 Å². The molecule has 1 rings (SSSR count). The number of carboxylic acids is 1. The zero-order valence-electron chi connectivity index (χ0n) is 10.4. The number of nitrogens with zero attached hydrogens (tertiary/aromatic N) is 1. The minimum atomic E-state index is -1.46. The molecule has 0 aromatic heterocycles. The van der Waals surface area contributed by atoms with Crippen molar-refractivity contribution in [1.29, 1.82) is 0 Å². The molecule has 1 aromatic carbocycles. The summed E-state index contributed by atoms with van der Waals surface area (Å²) in [5.74, 6) is -2.20. The smallest absolute Gasteiger partial charge is 0.328 e. The third-order valence-electron chi connectivity index (χ3n) is 2.42. The first-order valence-electron chi connectivity index (χ1n) is 5.37. The molecule has 0 aliphatic rings. The molecule has 0 bridgehead atoms. The number of aliphatic hydroxyl groups is 1. The molecule has 8 nitrogen and oxygen atoms in total. The minimum Gasteiger partial charge on any atom is -0.480 e. The quantitative estimate of drug-likeness (QED) is 0.396. The van der Waals surface area contributed by atoms with Gasteiger partial charge < -0.3 is 15.5 Å². The Morgan fingerprint density at radius 1 is 1.50 bits per heavy atom. The summed E-state index contributed by atoms with van der Waals surface area (Å²) in [6.45, 7) is -0.772. The predicted molar refractivity (Wildman–Crippen MR) is 70.9 cm³/mol. The van der Waals surface area contributed by atoms with Crippen LogP contribution < -0.4 is 5.32 Å². The Morgan fingerprint density at radius 2 is 2.15 bits per heavy atom. The Labute approximate surface area is 117 Å². The van der Waals surface area contributed by atoms with Gasteiger partial charge in [-0.15, -0.1) is 11.8 Å². The topological polar surface area (TPSA) is 130 Å². The number of carbonyl (C=O) groups is 2. The van der Waals surface area contributed by atoms with Crippen molar-refractivity contribution in [3.05, 3.63) is 33.9 Å². The van der Waals surface area contributed by atoms with Crippen molar-refractivity contribution in [3.63, 3.8) is 0 Å². The molecule has 9 heteroatoms. The highest BCUT2D eigenvalue weighted by Gasteiger charge is 2.22. The summed E-state index contributed by atoms with van der Waals surface area (Å²) >= 11 is 1.16. The second-order valence-electron chi connectivity index (χ2n) is 3.69. The maximum atomic E-state index is 11.8. The van der Waals surface area contributed by atoms with Gasteiger partial charge in [-0.05, 0) is 18.4 Å². The van der Waals surface area contributed by atoms with Crippen LogP contribution in [-0.4, -0.2) is 45.9 Å². The number of nitro groups is 1. The van der Waals surface area contributed by atoms with Gasteiger partial charge in [-0.1, -0.05) is 0 Å². The Morgan fingerprint density at radius 3 is 2.60 bits per heavy atom. The van der Waals surface area contributed by atoms with Crippen molar-refractivity contribution in [1.82, 2.24) is 5.32 Å². The van der Waals surface area contributed by atoms with E-state index in [1.165, 1.54) is 12.1 Å². The van der Waals surface area contributed by atoms with E-state index in [1.807, 2.05) is 0 Å². The molecule has 1 amide bonds. The maximum Gasteiger partial charge on any atom is 0.328 e. The standard InChI is InChI=1S/C11H12N2O6S/c1-20-9-3-2-6(4-8(9)13(18)19)10(15)12-7(5-14)11(16)17/h2-4,7,14H,5H2,1H3,(H,12,15)(H,16,17)/t7-/m1/s1. The summed E-state index contributed by atoms with van der Waals surface area (Å²) in [4.78, 5) is 33.1. The summed E-state index contributed by atoms with van der Waals surface area (Å²) < 4.78 is 0. The van der Waals surface area contributed by atoms with E-state index in [0.29, 0.717) is 4.90 Å². The van der Waals surface area contributed by atoms with Crippen LogP contribution in [0.15, 0.2) is 23.1 Å². The third-order valence-corrected chi connectivity index (χ3v) is 3.21. The van der Waals surface area contributed by atoms with Crippen LogP contribution in [0.4, 0.5) is 5.69 Å². The van der Waals surface area contributed by atoms with Gasteiger partial charge in [0, 0.05) is 11.6 Å². The number of thioether (sulfide) groups is 1. The molecular formula is C11H12N2O6S. The van der Waals surface area contributed by atoms with E-state index < -0.39 is 29.4 Å². The van der Waals surface area contributed by atoms with Crippen LogP contribution in [0.1, 0.15) is 10.4 Å². The average molecular weight is 300 g/mol. The van der Waals surface area contributed by atoms with Crippen LogP contribution in [0.25, 0.3) is 0 Å². The lowest BCUT2D eigenvalue weighted by Crippen LogP contribution is -2.43. The Kier molecular flexibility index (Phi) is 5.47. The number of hydrogen-bond donors (Lipinski definition) is 3. The summed E-state index contributed by atoms with van der Waals surface area (Å²) in [5.41, 5.74) is -0.282. The van der Waals surface area contributed by atoms with E-state index in [1.54, 1.807) is 6.26 Å². The fourth-order valence-electron chi connectivity index (χ4n) is 1.40. The van der Waals surface area contributed by atoms with Crippen molar-refractivity contribution in [2.45, 2.75) is 10.9 Å². The van der Waals surface area contributed by atoms with Gasteiger partial charge in [0.1, 0.15) is 0 Å². The van der Waals surface area contributed by atoms with E-state index in [4.69, 9.17) is 10.2 Å². The highest BCUT2D eigenvalue weighted by Crippen LogP contribution is 2.28. The number of aliphatic carboxylic acids is 1. The molecule has 0 radical (unpaired) electrons. The first-order valence-corrected chi connectivity index (χ1v) is 6.60. The average Bonchev–Trinajstić information content (AvgIpc) is 2.43. The van der Waals surface area contributed by atoms with E-state index in [2.05, 4.69) is 5.32 Å². The van der Waals surface area contributed by atoms with Crippen molar-refractivity contribution in [2.24, 2.45) is 0 Å². The number of carboxylic acid groups (broad SMARTS) is 1. The zero-order chi connectivity index (χ0) is 15.3. The minimum absolute atomic E-state index is 0.0470. The molecule has 20 heavy (non-hydrogen) atoms. The lowest BCUT2D eigenvalue weighted by molar-refractivity contribution is -0.387. The molecule has 0 fully saturated rings. The Hall–Kier alpha value is -2.13. The van der Waals surface area contributed by atoms with E-state index in [0.717, 1.165) is 17.8 Å². The number of amides is 1. The third kappa shape index (κ3) is 3.68. The molecule has 0 spiro atoms. The summed E-state index contributed by atoms with van der Waals surface area (Å²) in [7, 11) is 0. The number of nitro benzene ring substituents is 1. The van der Waals surface area contributed by atoms with Crippen LogP contribution in [0, 0.1) is 10.1 Å². The zero-order valence-corrected chi connectivity index (χ0v) is 11.2. The van der Waals surface area contributed by atoms with Crippen LogP contribution in [0.2, 0.25) is 0 Å². The molecule has 1 aromatic rings. The van der Waals surface area contributed by atoms with Crippen molar-refractivity contribution in [2.75, 3.05) is 12.9 Å².